The molecule has 14 heavy (non-hydrogen) atoms. The Labute approximate surface area is 86.8 Å². The average molecular weight is 201 g/mol. The van der Waals surface area contributed by atoms with Crippen molar-refractivity contribution in [1.29, 1.82) is 0 Å². The van der Waals surface area contributed by atoms with E-state index in [0.29, 0.717) is 6.04 Å². The highest BCUT2D eigenvalue weighted by atomic mass is 16.5. The zero-order valence-electron chi connectivity index (χ0n) is 9.17. The van der Waals surface area contributed by atoms with E-state index < -0.39 is 0 Å². The Hall–Kier alpha value is -0.160. The number of nitrogens with zero attached hydrogens (tertiary/aromatic N) is 1. The van der Waals surface area contributed by atoms with Gasteiger partial charge in [0.15, 0.2) is 0 Å². The smallest absolute Gasteiger partial charge is 0.0478 e. The van der Waals surface area contributed by atoms with Crippen LogP contribution < -0.4 is 11.1 Å². The standard InChI is InChI=1S/C10H23N3O/c1-2-14-7-3-5-13-6-4-12-9-10(13)8-11/h10,12H,2-9,11H2,1H3. The summed E-state index contributed by atoms with van der Waals surface area (Å²) in [5, 5.41) is 3.36. The van der Waals surface area contributed by atoms with E-state index in [9.17, 15) is 0 Å². The first-order chi connectivity index (χ1) is 6.88. The van der Waals surface area contributed by atoms with Gasteiger partial charge in [0, 0.05) is 52.0 Å². The van der Waals surface area contributed by atoms with Crippen LogP contribution in [0.25, 0.3) is 0 Å². The van der Waals surface area contributed by atoms with Gasteiger partial charge in [0.2, 0.25) is 0 Å². The summed E-state index contributed by atoms with van der Waals surface area (Å²) in [4.78, 5) is 2.47. The summed E-state index contributed by atoms with van der Waals surface area (Å²) >= 11 is 0. The Morgan fingerprint density at radius 2 is 2.43 bits per heavy atom. The Morgan fingerprint density at radius 3 is 3.14 bits per heavy atom. The number of hydrogen-bond donors (Lipinski definition) is 2. The first-order valence-electron chi connectivity index (χ1n) is 5.61. The van der Waals surface area contributed by atoms with E-state index in [1.54, 1.807) is 0 Å². The average Bonchev–Trinajstić information content (AvgIpc) is 2.25. The van der Waals surface area contributed by atoms with Gasteiger partial charge in [-0.25, -0.2) is 0 Å². The summed E-state index contributed by atoms with van der Waals surface area (Å²) < 4.78 is 5.32. The summed E-state index contributed by atoms with van der Waals surface area (Å²) in [6.07, 6.45) is 1.12. The van der Waals surface area contributed by atoms with Crippen molar-refractivity contribution in [3.8, 4) is 0 Å². The quantitative estimate of drug-likeness (QED) is 0.577. The van der Waals surface area contributed by atoms with Crippen molar-refractivity contribution in [3.63, 3.8) is 0 Å². The van der Waals surface area contributed by atoms with Gasteiger partial charge in [-0.15, -0.1) is 0 Å². The normalized spacial score (nSPS) is 24.0. The van der Waals surface area contributed by atoms with Gasteiger partial charge in [0.1, 0.15) is 0 Å². The van der Waals surface area contributed by atoms with Gasteiger partial charge >= 0.3 is 0 Å². The van der Waals surface area contributed by atoms with Crippen LogP contribution in [0.2, 0.25) is 0 Å². The minimum atomic E-state index is 0.519. The fourth-order valence-corrected chi connectivity index (χ4v) is 1.84. The van der Waals surface area contributed by atoms with Gasteiger partial charge in [-0.05, 0) is 13.3 Å². The molecular formula is C10H23N3O. The third-order valence-electron chi connectivity index (χ3n) is 2.68. The van der Waals surface area contributed by atoms with Gasteiger partial charge in [-0.3, -0.25) is 4.90 Å². The molecule has 0 aromatic rings. The lowest BCUT2D eigenvalue weighted by atomic mass is 10.2. The van der Waals surface area contributed by atoms with Crippen molar-refractivity contribution in [2.75, 3.05) is 45.9 Å². The molecule has 0 radical (unpaired) electrons. The van der Waals surface area contributed by atoms with Gasteiger partial charge in [-0.2, -0.15) is 0 Å². The molecule has 1 unspecified atom stereocenters. The Morgan fingerprint density at radius 1 is 1.57 bits per heavy atom. The third kappa shape index (κ3) is 3.92. The second kappa shape index (κ2) is 7.17. The lowest BCUT2D eigenvalue weighted by molar-refractivity contribution is 0.112. The highest BCUT2D eigenvalue weighted by molar-refractivity contribution is 4.79. The maximum absolute atomic E-state index is 5.71. The van der Waals surface area contributed by atoms with Crippen molar-refractivity contribution in [2.24, 2.45) is 5.73 Å². The molecule has 0 spiro atoms. The lowest BCUT2D eigenvalue weighted by Gasteiger charge is -2.35. The minimum absolute atomic E-state index is 0.519. The Bertz CT molecular complexity index is 143. The number of hydrogen-bond acceptors (Lipinski definition) is 4. The molecule has 1 rings (SSSR count). The molecule has 0 aromatic heterocycles. The highest BCUT2D eigenvalue weighted by Gasteiger charge is 2.19. The molecule has 0 aromatic carbocycles. The van der Waals surface area contributed by atoms with E-state index in [1.165, 1.54) is 0 Å². The van der Waals surface area contributed by atoms with Crippen LogP contribution in [0.1, 0.15) is 13.3 Å². The molecule has 1 atom stereocenters. The number of nitrogens with two attached hydrogens (primary N) is 1. The Balaban J connectivity index is 2.13. The van der Waals surface area contributed by atoms with Crippen LogP contribution in [0.5, 0.6) is 0 Å². The fourth-order valence-electron chi connectivity index (χ4n) is 1.84. The van der Waals surface area contributed by atoms with Crippen LogP contribution in [-0.4, -0.2) is 56.9 Å². The predicted molar refractivity (Wildman–Crippen MR) is 58.4 cm³/mol. The Kier molecular flexibility index (Phi) is 6.10. The molecule has 0 bridgehead atoms. The molecule has 1 aliphatic rings. The molecule has 0 amide bonds. The van der Waals surface area contributed by atoms with E-state index in [4.69, 9.17) is 10.5 Å². The molecule has 0 saturated carbocycles. The predicted octanol–water partition coefficient (Wildman–Crippen LogP) is -0.354. The molecule has 3 N–H and O–H groups in total. The van der Waals surface area contributed by atoms with Crippen LogP contribution in [0.3, 0.4) is 0 Å². The first-order valence-corrected chi connectivity index (χ1v) is 5.61. The molecule has 84 valence electrons. The first kappa shape index (κ1) is 11.9. The van der Waals surface area contributed by atoms with E-state index >= 15 is 0 Å². The second-order valence-corrected chi connectivity index (χ2v) is 3.68. The van der Waals surface area contributed by atoms with Gasteiger partial charge in [0.05, 0.1) is 0 Å². The number of piperazine rings is 1. The molecular weight excluding hydrogens is 178 g/mol. The van der Waals surface area contributed by atoms with Gasteiger partial charge in [-0.1, -0.05) is 0 Å². The zero-order chi connectivity index (χ0) is 10.2. The molecule has 4 heteroatoms. The lowest BCUT2D eigenvalue weighted by Crippen LogP contribution is -2.54. The second-order valence-electron chi connectivity index (χ2n) is 3.68. The largest absolute Gasteiger partial charge is 0.382 e. The summed E-state index contributed by atoms with van der Waals surface area (Å²) in [6, 6.07) is 0.519. The number of nitrogens with one attached hydrogen (secondary N) is 1. The van der Waals surface area contributed by atoms with Crippen LogP contribution >= 0.6 is 0 Å². The van der Waals surface area contributed by atoms with E-state index in [1.807, 2.05) is 6.92 Å². The van der Waals surface area contributed by atoms with Gasteiger partial charge < -0.3 is 15.8 Å². The minimum Gasteiger partial charge on any atom is -0.382 e. The molecule has 1 heterocycles. The number of rotatable bonds is 6. The van der Waals surface area contributed by atoms with Crippen molar-refractivity contribution < 1.29 is 4.74 Å². The summed E-state index contributed by atoms with van der Waals surface area (Å²) in [5.74, 6) is 0. The van der Waals surface area contributed by atoms with Crippen LogP contribution in [-0.2, 0) is 4.74 Å². The van der Waals surface area contributed by atoms with Crippen molar-refractivity contribution in [1.82, 2.24) is 10.2 Å². The maximum Gasteiger partial charge on any atom is 0.0478 e. The van der Waals surface area contributed by atoms with Crippen molar-refractivity contribution >= 4 is 0 Å². The van der Waals surface area contributed by atoms with Gasteiger partial charge in [0.25, 0.3) is 0 Å². The molecule has 0 aliphatic carbocycles. The molecule has 4 nitrogen and oxygen atoms in total. The SMILES string of the molecule is CCOCCCN1CCNCC1CN. The summed E-state index contributed by atoms with van der Waals surface area (Å²) in [6.45, 7) is 8.84. The highest BCUT2D eigenvalue weighted by Crippen LogP contribution is 2.02. The van der Waals surface area contributed by atoms with Crippen LogP contribution in [0.4, 0.5) is 0 Å². The summed E-state index contributed by atoms with van der Waals surface area (Å²) in [7, 11) is 0. The van der Waals surface area contributed by atoms with Crippen LogP contribution in [0, 0.1) is 0 Å². The molecule has 1 fully saturated rings. The van der Waals surface area contributed by atoms with Crippen molar-refractivity contribution in [2.45, 2.75) is 19.4 Å². The third-order valence-corrected chi connectivity index (χ3v) is 2.68. The monoisotopic (exact) mass is 201 g/mol. The number of ether oxygens (including phenoxy) is 1. The zero-order valence-corrected chi connectivity index (χ0v) is 9.17. The maximum atomic E-state index is 5.71. The van der Waals surface area contributed by atoms with Crippen LogP contribution in [0.15, 0.2) is 0 Å². The topological polar surface area (TPSA) is 50.5 Å². The molecule has 1 aliphatic heterocycles. The van der Waals surface area contributed by atoms with Crippen molar-refractivity contribution in [3.05, 3.63) is 0 Å². The van der Waals surface area contributed by atoms with E-state index in [2.05, 4.69) is 10.2 Å². The van der Waals surface area contributed by atoms with E-state index in [0.717, 1.165) is 52.4 Å². The summed E-state index contributed by atoms with van der Waals surface area (Å²) in [5.41, 5.74) is 5.71. The molecule has 1 saturated heterocycles. The fraction of sp³-hybridized carbons (Fsp3) is 1.00. The van der Waals surface area contributed by atoms with E-state index in [-0.39, 0.29) is 0 Å².